The Hall–Kier alpha value is -2.56. The summed E-state index contributed by atoms with van der Waals surface area (Å²) < 4.78 is 10.6. The summed E-state index contributed by atoms with van der Waals surface area (Å²) in [5.41, 5.74) is 2.33. The van der Waals surface area contributed by atoms with E-state index in [1.54, 1.807) is 20.3 Å². The quantitative estimate of drug-likeness (QED) is 0.927. The van der Waals surface area contributed by atoms with E-state index in [4.69, 9.17) is 14.6 Å². The molecule has 0 radical (unpaired) electrons. The Kier molecular flexibility index (Phi) is 3.89. The predicted molar refractivity (Wildman–Crippen MR) is 74.5 cm³/mol. The number of aromatic nitrogens is 1. The number of hydrogen-bond acceptors (Lipinski definition) is 4. The molecule has 0 atom stereocenters. The fourth-order valence-electron chi connectivity index (χ4n) is 1.96. The summed E-state index contributed by atoms with van der Waals surface area (Å²) in [6, 6.07) is 6.59. The zero-order valence-electron chi connectivity index (χ0n) is 11.5. The first-order valence-electron chi connectivity index (χ1n) is 5.99. The van der Waals surface area contributed by atoms with Crippen LogP contribution in [-0.2, 0) is 0 Å². The summed E-state index contributed by atoms with van der Waals surface area (Å²) in [6.45, 7) is 1.91. The van der Waals surface area contributed by atoms with Gasteiger partial charge in [-0.3, -0.25) is 4.98 Å². The molecule has 0 fully saturated rings. The zero-order chi connectivity index (χ0) is 14.7. The molecule has 0 bridgehead atoms. The molecule has 5 heteroatoms. The van der Waals surface area contributed by atoms with Gasteiger partial charge in [0.2, 0.25) is 0 Å². The van der Waals surface area contributed by atoms with Gasteiger partial charge >= 0.3 is 5.97 Å². The molecular formula is C15H15NO4. The molecule has 1 N–H and O–H groups in total. The third-order valence-electron chi connectivity index (χ3n) is 3.00. The summed E-state index contributed by atoms with van der Waals surface area (Å²) in [6.07, 6.45) is 1.46. The number of carboxylic acids is 1. The van der Waals surface area contributed by atoms with Crippen LogP contribution in [0, 0.1) is 6.92 Å². The Morgan fingerprint density at radius 3 is 2.45 bits per heavy atom. The van der Waals surface area contributed by atoms with Crippen molar-refractivity contribution in [2.24, 2.45) is 0 Å². The van der Waals surface area contributed by atoms with E-state index in [1.807, 2.05) is 13.0 Å². The molecular weight excluding hydrogens is 258 g/mol. The second-order valence-corrected chi connectivity index (χ2v) is 4.26. The van der Waals surface area contributed by atoms with Gasteiger partial charge in [0.25, 0.3) is 0 Å². The lowest BCUT2D eigenvalue weighted by atomic mass is 10.0. The topological polar surface area (TPSA) is 68.7 Å². The summed E-state index contributed by atoms with van der Waals surface area (Å²) in [5, 5.41) is 9.04. The van der Waals surface area contributed by atoms with Gasteiger partial charge in [0, 0.05) is 11.8 Å². The van der Waals surface area contributed by atoms with E-state index in [1.165, 1.54) is 18.3 Å². The average molecular weight is 273 g/mol. The van der Waals surface area contributed by atoms with Crippen LogP contribution in [0.5, 0.6) is 11.5 Å². The van der Waals surface area contributed by atoms with Gasteiger partial charge in [-0.2, -0.15) is 0 Å². The van der Waals surface area contributed by atoms with Gasteiger partial charge in [0.05, 0.1) is 25.5 Å². The highest BCUT2D eigenvalue weighted by molar-refractivity contribution is 5.89. The standard InChI is InChI=1S/C15H15NO4/c1-9-6-14(20-3)11(8-13(9)19-2)12-7-10(15(17)18)4-5-16-12/h4-8H,1-3H3,(H,17,18). The summed E-state index contributed by atoms with van der Waals surface area (Å²) in [4.78, 5) is 15.2. The van der Waals surface area contributed by atoms with Crippen molar-refractivity contribution in [1.29, 1.82) is 0 Å². The number of benzene rings is 1. The Morgan fingerprint density at radius 2 is 1.85 bits per heavy atom. The lowest BCUT2D eigenvalue weighted by Gasteiger charge is -2.12. The SMILES string of the molecule is COc1cc(-c2cc(C(=O)O)ccn2)c(OC)cc1C. The second-order valence-electron chi connectivity index (χ2n) is 4.26. The van der Waals surface area contributed by atoms with Gasteiger partial charge < -0.3 is 14.6 Å². The van der Waals surface area contributed by atoms with Crippen LogP contribution in [-0.4, -0.2) is 30.3 Å². The first-order valence-corrected chi connectivity index (χ1v) is 5.99. The van der Waals surface area contributed by atoms with Crippen molar-refractivity contribution in [3.8, 4) is 22.8 Å². The minimum absolute atomic E-state index is 0.177. The molecule has 0 amide bonds. The fourth-order valence-corrected chi connectivity index (χ4v) is 1.96. The number of nitrogens with zero attached hydrogens (tertiary/aromatic N) is 1. The molecule has 1 aromatic heterocycles. The van der Waals surface area contributed by atoms with Crippen LogP contribution in [0.1, 0.15) is 15.9 Å². The second kappa shape index (κ2) is 5.61. The highest BCUT2D eigenvalue weighted by Gasteiger charge is 2.13. The molecule has 5 nitrogen and oxygen atoms in total. The van der Waals surface area contributed by atoms with Gasteiger partial charge in [0.1, 0.15) is 11.5 Å². The molecule has 104 valence electrons. The van der Waals surface area contributed by atoms with Crippen LogP contribution in [0.15, 0.2) is 30.5 Å². The zero-order valence-corrected chi connectivity index (χ0v) is 11.5. The molecule has 0 saturated heterocycles. The summed E-state index contributed by atoms with van der Waals surface area (Å²) in [5.74, 6) is 0.327. The van der Waals surface area contributed by atoms with E-state index in [9.17, 15) is 4.79 Å². The summed E-state index contributed by atoms with van der Waals surface area (Å²) >= 11 is 0. The molecule has 2 aromatic rings. The van der Waals surface area contributed by atoms with Gasteiger partial charge in [-0.05, 0) is 36.8 Å². The smallest absolute Gasteiger partial charge is 0.335 e. The van der Waals surface area contributed by atoms with Crippen molar-refractivity contribution in [2.75, 3.05) is 14.2 Å². The number of ether oxygens (including phenoxy) is 2. The first-order chi connectivity index (χ1) is 9.56. The average Bonchev–Trinajstić information content (AvgIpc) is 2.46. The number of rotatable bonds is 4. The summed E-state index contributed by atoms with van der Waals surface area (Å²) in [7, 11) is 3.14. The van der Waals surface area contributed by atoms with E-state index >= 15 is 0 Å². The first kappa shape index (κ1) is 13.9. The van der Waals surface area contributed by atoms with Crippen molar-refractivity contribution in [1.82, 2.24) is 4.98 Å². The van der Waals surface area contributed by atoms with E-state index in [2.05, 4.69) is 4.98 Å². The highest BCUT2D eigenvalue weighted by atomic mass is 16.5. The maximum Gasteiger partial charge on any atom is 0.335 e. The third-order valence-corrected chi connectivity index (χ3v) is 3.00. The van der Waals surface area contributed by atoms with E-state index < -0.39 is 5.97 Å². The number of carbonyl (C=O) groups is 1. The Labute approximate surface area is 116 Å². The number of methoxy groups -OCH3 is 2. The van der Waals surface area contributed by atoms with E-state index in [0.717, 1.165) is 5.56 Å². The molecule has 0 unspecified atom stereocenters. The van der Waals surface area contributed by atoms with Crippen LogP contribution >= 0.6 is 0 Å². The molecule has 0 aliphatic heterocycles. The Morgan fingerprint density at radius 1 is 1.15 bits per heavy atom. The number of hydrogen-bond donors (Lipinski definition) is 1. The largest absolute Gasteiger partial charge is 0.496 e. The molecule has 20 heavy (non-hydrogen) atoms. The van der Waals surface area contributed by atoms with E-state index in [-0.39, 0.29) is 5.56 Å². The maximum absolute atomic E-state index is 11.0. The molecule has 0 saturated carbocycles. The van der Waals surface area contributed by atoms with Gasteiger partial charge in [-0.1, -0.05) is 0 Å². The van der Waals surface area contributed by atoms with Gasteiger partial charge in [-0.15, -0.1) is 0 Å². The molecule has 2 rings (SSSR count). The Bertz CT molecular complexity index is 652. The van der Waals surface area contributed by atoms with Crippen LogP contribution in [0.3, 0.4) is 0 Å². The minimum atomic E-state index is -0.994. The predicted octanol–water partition coefficient (Wildman–Crippen LogP) is 2.77. The molecule has 0 spiro atoms. The van der Waals surface area contributed by atoms with Crippen molar-refractivity contribution in [2.45, 2.75) is 6.92 Å². The number of aryl methyl sites for hydroxylation is 1. The normalized spacial score (nSPS) is 10.2. The molecule has 1 aromatic carbocycles. The lowest BCUT2D eigenvalue weighted by molar-refractivity contribution is 0.0697. The monoisotopic (exact) mass is 273 g/mol. The molecule has 0 aliphatic carbocycles. The lowest BCUT2D eigenvalue weighted by Crippen LogP contribution is -1.99. The van der Waals surface area contributed by atoms with Gasteiger partial charge in [-0.25, -0.2) is 4.79 Å². The van der Waals surface area contributed by atoms with Gasteiger partial charge in [0.15, 0.2) is 0 Å². The van der Waals surface area contributed by atoms with Crippen molar-refractivity contribution >= 4 is 5.97 Å². The number of pyridine rings is 1. The van der Waals surface area contributed by atoms with Crippen molar-refractivity contribution in [3.05, 3.63) is 41.6 Å². The van der Waals surface area contributed by atoms with Crippen LogP contribution < -0.4 is 9.47 Å². The van der Waals surface area contributed by atoms with Crippen molar-refractivity contribution in [3.63, 3.8) is 0 Å². The minimum Gasteiger partial charge on any atom is -0.496 e. The van der Waals surface area contributed by atoms with Crippen molar-refractivity contribution < 1.29 is 19.4 Å². The third kappa shape index (κ3) is 2.56. The molecule has 1 heterocycles. The fraction of sp³-hybridized carbons (Fsp3) is 0.200. The van der Waals surface area contributed by atoms with Crippen LogP contribution in [0.2, 0.25) is 0 Å². The number of aromatic carboxylic acids is 1. The number of carboxylic acid groups (broad SMARTS) is 1. The van der Waals surface area contributed by atoms with Crippen LogP contribution in [0.4, 0.5) is 0 Å². The van der Waals surface area contributed by atoms with Crippen LogP contribution in [0.25, 0.3) is 11.3 Å². The highest BCUT2D eigenvalue weighted by Crippen LogP contribution is 2.35. The Balaban J connectivity index is 2.61. The maximum atomic E-state index is 11.0. The van der Waals surface area contributed by atoms with E-state index in [0.29, 0.717) is 22.8 Å². The molecule has 0 aliphatic rings.